The molecule has 82 valence electrons. The van der Waals surface area contributed by atoms with Crippen LogP contribution in [0.1, 0.15) is 5.56 Å². The average molecular weight is 290 g/mol. The van der Waals surface area contributed by atoms with Crippen LogP contribution in [0.4, 0.5) is 0 Å². The monoisotopic (exact) mass is 289 g/mol. The van der Waals surface area contributed by atoms with Crippen molar-refractivity contribution >= 4 is 38.4 Å². The van der Waals surface area contributed by atoms with Gasteiger partial charge in [0, 0.05) is 10.2 Å². The summed E-state index contributed by atoms with van der Waals surface area (Å²) in [7, 11) is -0.468. The lowest BCUT2D eigenvalue weighted by atomic mass is 10.2. The molecule has 1 atom stereocenters. The Morgan fingerprint density at radius 1 is 1.60 bits per heavy atom. The van der Waals surface area contributed by atoms with Crippen LogP contribution in [0.25, 0.3) is 0 Å². The van der Waals surface area contributed by atoms with Crippen molar-refractivity contribution in [2.24, 2.45) is 0 Å². The fourth-order valence-electron chi connectivity index (χ4n) is 1.01. The highest BCUT2D eigenvalue weighted by molar-refractivity contribution is 9.08. The van der Waals surface area contributed by atoms with E-state index in [-0.39, 0.29) is 6.54 Å². The lowest BCUT2D eigenvalue weighted by Crippen LogP contribution is -2.17. The summed E-state index contributed by atoms with van der Waals surface area (Å²) in [4.78, 5) is 11.4. The summed E-state index contributed by atoms with van der Waals surface area (Å²) < 4.78 is 2.85. The Morgan fingerprint density at radius 3 is 2.93 bits per heavy atom. The third-order valence-corrected chi connectivity index (χ3v) is 3.70. The number of hydrogen-bond donors (Lipinski definition) is 2. The van der Waals surface area contributed by atoms with Crippen molar-refractivity contribution in [3.8, 4) is 0 Å². The maximum Gasteiger partial charge on any atom is 0.318 e. The number of carbonyl (C=O) groups is 1. The second-order valence-electron chi connectivity index (χ2n) is 2.89. The SMILES string of the molecule is C=S(NCC(=O)O)c1cccc(CBr)c1. The molecule has 1 rings (SSSR count). The van der Waals surface area contributed by atoms with Gasteiger partial charge in [-0.3, -0.25) is 9.52 Å². The van der Waals surface area contributed by atoms with E-state index in [0.717, 1.165) is 15.8 Å². The van der Waals surface area contributed by atoms with Gasteiger partial charge in [0.2, 0.25) is 0 Å². The van der Waals surface area contributed by atoms with E-state index >= 15 is 0 Å². The van der Waals surface area contributed by atoms with Crippen LogP contribution in [0, 0.1) is 0 Å². The summed E-state index contributed by atoms with van der Waals surface area (Å²) in [5.41, 5.74) is 1.16. The molecule has 0 saturated heterocycles. The van der Waals surface area contributed by atoms with E-state index in [1.54, 1.807) is 0 Å². The summed E-state index contributed by atoms with van der Waals surface area (Å²) in [6.07, 6.45) is 0. The molecule has 0 saturated carbocycles. The summed E-state index contributed by atoms with van der Waals surface area (Å²) in [5, 5.41) is 9.31. The maximum absolute atomic E-state index is 10.4. The van der Waals surface area contributed by atoms with Gasteiger partial charge in [-0.2, -0.15) is 0 Å². The average Bonchev–Trinajstić information content (AvgIpc) is 2.26. The van der Waals surface area contributed by atoms with E-state index in [4.69, 9.17) is 5.11 Å². The van der Waals surface area contributed by atoms with Crippen LogP contribution in [-0.4, -0.2) is 23.5 Å². The van der Waals surface area contributed by atoms with Gasteiger partial charge < -0.3 is 5.11 Å². The van der Waals surface area contributed by atoms with Gasteiger partial charge in [-0.25, -0.2) is 0 Å². The Hall–Kier alpha value is -0.650. The Bertz CT molecular complexity index is 381. The molecule has 0 aromatic heterocycles. The summed E-state index contributed by atoms with van der Waals surface area (Å²) in [6, 6.07) is 7.91. The normalized spacial score (nSPS) is 12.3. The van der Waals surface area contributed by atoms with Gasteiger partial charge in [0.05, 0.1) is 0 Å². The van der Waals surface area contributed by atoms with Crippen molar-refractivity contribution in [2.75, 3.05) is 6.54 Å². The summed E-state index contributed by atoms with van der Waals surface area (Å²) >= 11 is 3.37. The first-order valence-electron chi connectivity index (χ1n) is 4.27. The molecule has 0 aliphatic heterocycles. The second-order valence-corrected chi connectivity index (χ2v) is 4.99. The van der Waals surface area contributed by atoms with Crippen LogP contribution >= 0.6 is 26.6 Å². The first-order chi connectivity index (χ1) is 7.13. The molecule has 15 heavy (non-hydrogen) atoms. The van der Waals surface area contributed by atoms with Crippen molar-refractivity contribution < 1.29 is 9.90 Å². The van der Waals surface area contributed by atoms with Crippen molar-refractivity contribution in [2.45, 2.75) is 10.2 Å². The number of aliphatic carboxylic acids is 1. The number of carboxylic acids is 1. The maximum atomic E-state index is 10.4. The van der Waals surface area contributed by atoms with Crippen molar-refractivity contribution in [1.82, 2.24) is 4.72 Å². The van der Waals surface area contributed by atoms with Gasteiger partial charge in [0.1, 0.15) is 6.54 Å². The van der Waals surface area contributed by atoms with Crippen LogP contribution in [-0.2, 0) is 10.1 Å². The topological polar surface area (TPSA) is 49.3 Å². The predicted octanol–water partition coefficient (Wildman–Crippen LogP) is 2.23. The van der Waals surface area contributed by atoms with Gasteiger partial charge in [0.15, 0.2) is 0 Å². The number of alkyl halides is 1. The molecule has 0 heterocycles. The zero-order valence-corrected chi connectivity index (χ0v) is 10.5. The molecule has 2 N–H and O–H groups in total. The highest BCUT2D eigenvalue weighted by Gasteiger charge is 2.00. The Labute approximate surface area is 99.7 Å². The minimum atomic E-state index is -0.868. The molecule has 0 radical (unpaired) electrons. The van der Waals surface area contributed by atoms with Crippen molar-refractivity contribution in [3.05, 3.63) is 29.8 Å². The van der Waals surface area contributed by atoms with Crippen molar-refractivity contribution in [3.63, 3.8) is 0 Å². The van der Waals surface area contributed by atoms with Gasteiger partial charge in [0.25, 0.3) is 0 Å². The summed E-state index contributed by atoms with van der Waals surface area (Å²) in [6.45, 7) is -0.0643. The molecule has 0 bridgehead atoms. The van der Waals surface area contributed by atoms with Crippen LogP contribution in [0.15, 0.2) is 29.2 Å². The molecule has 0 aliphatic rings. The number of benzene rings is 1. The van der Waals surface area contributed by atoms with Crippen LogP contribution < -0.4 is 4.72 Å². The second kappa shape index (κ2) is 6.05. The highest BCUT2D eigenvalue weighted by Crippen LogP contribution is 2.22. The molecule has 0 spiro atoms. The zero-order valence-electron chi connectivity index (χ0n) is 8.07. The standard InChI is InChI=1S/C10H12BrNO2S/c1-15(12-7-10(13)14)9-4-2-3-8(5-9)6-11/h2-5,12H,1,6-7H2,(H,13,14). The zero-order chi connectivity index (χ0) is 11.3. The molecule has 1 unspecified atom stereocenters. The Morgan fingerprint density at radius 2 is 2.33 bits per heavy atom. The number of hydrogen-bond acceptors (Lipinski definition) is 2. The van der Waals surface area contributed by atoms with E-state index in [9.17, 15) is 4.79 Å². The predicted molar refractivity (Wildman–Crippen MR) is 67.7 cm³/mol. The smallest absolute Gasteiger partial charge is 0.318 e. The fourth-order valence-corrected chi connectivity index (χ4v) is 2.36. The number of halogens is 1. The molecule has 0 fully saturated rings. The lowest BCUT2D eigenvalue weighted by Gasteiger charge is -2.08. The van der Waals surface area contributed by atoms with E-state index < -0.39 is 16.6 Å². The summed E-state index contributed by atoms with van der Waals surface area (Å²) in [5.74, 6) is 3.03. The first kappa shape index (κ1) is 12.4. The minimum absolute atomic E-state index is 0.0643. The van der Waals surface area contributed by atoms with E-state index in [2.05, 4.69) is 26.5 Å². The Balaban J connectivity index is 2.69. The molecule has 1 aromatic rings. The number of carboxylic acid groups (broad SMARTS) is 1. The van der Waals surface area contributed by atoms with Gasteiger partial charge in [-0.05, 0) is 17.7 Å². The Kier molecular flexibility index (Phi) is 5.01. The van der Waals surface area contributed by atoms with Crippen LogP contribution in [0.5, 0.6) is 0 Å². The molecule has 3 nitrogen and oxygen atoms in total. The van der Waals surface area contributed by atoms with Gasteiger partial charge in [-0.15, -0.1) is 0 Å². The molecular formula is C10H12BrNO2S. The molecule has 1 aromatic carbocycles. The largest absolute Gasteiger partial charge is 0.480 e. The molecule has 0 aliphatic carbocycles. The first-order valence-corrected chi connectivity index (χ1v) is 6.79. The van der Waals surface area contributed by atoms with E-state index in [0.29, 0.717) is 0 Å². The number of nitrogens with one attached hydrogen (secondary N) is 1. The number of rotatable bonds is 5. The van der Waals surface area contributed by atoms with E-state index in [1.165, 1.54) is 0 Å². The molecular weight excluding hydrogens is 278 g/mol. The van der Waals surface area contributed by atoms with Gasteiger partial charge in [-0.1, -0.05) is 44.6 Å². The van der Waals surface area contributed by atoms with Crippen molar-refractivity contribution in [1.29, 1.82) is 0 Å². The third kappa shape index (κ3) is 4.15. The lowest BCUT2D eigenvalue weighted by molar-refractivity contribution is -0.135. The highest BCUT2D eigenvalue weighted by atomic mass is 79.9. The minimum Gasteiger partial charge on any atom is -0.480 e. The van der Waals surface area contributed by atoms with Crippen LogP contribution in [0.2, 0.25) is 0 Å². The molecule has 0 amide bonds. The van der Waals surface area contributed by atoms with Gasteiger partial charge >= 0.3 is 5.97 Å². The fraction of sp³-hybridized carbons (Fsp3) is 0.200. The third-order valence-electron chi connectivity index (χ3n) is 1.73. The molecule has 5 heteroatoms. The van der Waals surface area contributed by atoms with Crippen LogP contribution in [0.3, 0.4) is 0 Å². The quantitative estimate of drug-likeness (QED) is 0.646. The van der Waals surface area contributed by atoms with E-state index in [1.807, 2.05) is 24.3 Å².